The van der Waals surface area contributed by atoms with Gasteiger partial charge in [0.15, 0.2) is 0 Å². The second kappa shape index (κ2) is 6.18. The lowest BCUT2D eigenvalue weighted by molar-refractivity contribution is 0.221. The van der Waals surface area contributed by atoms with Crippen LogP contribution in [-0.4, -0.2) is 0 Å². The predicted octanol–water partition coefficient (Wildman–Crippen LogP) is 5.91. The summed E-state index contributed by atoms with van der Waals surface area (Å²) in [5.41, 5.74) is 3.22. The molecule has 0 fully saturated rings. The summed E-state index contributed by atoms with van der Waals surface area (Å²) >= 11 is 0. The number of alkyl halides is 1. The summed E-state index contributed by atoms with van der Waals surface area (Å²) in [6.45, 7) is 11.7. The highest BCUT2D eigenvalue weighted by Crippen LogP contribution is 2.28. The van der Waals surface area contributed by atoms with E-state index in [2.05, 4.69) is 45.9 Å². The predicted molar refractivity (Wildman–Crippen MR) is 82.2 cm³/mol. The topological polar surface area (TPSA) is 0 Å². The third-order valence-corrected chi connectivity index (χ3v) is 3.52. The summed E-state index contributed by atoms with van der Waals surface area (Å²) in [6.07, 6.45) is 4.32. The Bertz CT molecular complexity index is 483. The van der Waals surface area contributed by atoms with Crippen LogP contribution in [0.25, 0.3) is 0 Å². The third kappa shape index (κ3) is 4.66. The van der Waals surface area contributed by atoms with Gasteiger partial charge in [-0.1, -0.05) is 54.5 Å². The van der Waals surface area contributed by atoms with Crippen LogP contribution in [0.1, 0.15) is 58.6 Å². The Hall–Kier alpha value is -1.37. The second-order valence-electron chi connectivity index (χ2n) is 5.93. The van der Waals surface area contributed by atoms with E-state index in [4.69, 9.17) is 0 Å². The van der Waals surface area contributed by atoms with Crippen molar-refractivity contribution in [1.82, 2.24) is 0 Å². The lowest BCUT2D eigenvalue weighted by Gasteiger charge is -2.17. The van der Waals surface area contributed by atoms with Crippen molar-refractivity contribution in [2.24, 2.45) is 0 Å². The van der Waals surface area contributed by atoms with Crippen LogP contribution in [0.3, 0.4) is 0 Å². The molecule has 0 saturated carbocycles. The maximum Gasteiger partial charge on any atom is 0.130 e. The van der Waals surface area contributed by atoms with E-state index in [-0.39, 0.29) is 5.92 Å². The monoisotopic (exact) mass is 260 g/mol. The van der Waals surface area contributed by atoms with E-state index in [0.717, 1.165) is 11.1 Å². The van der Waals surface area contributed by atoms with Gasteiger partial charge in [0.25, 0.3) is 0 Å². The van der Waals surface area contributed by atoms with Crippen LogP contribution >= 0.6 is 0 Å². The molecule has 0 bridgehead atoms. The molecule has 0 saturated heterocycles. The van der Waals surface area contributed by atoms with Gasteiger partial charge in [-0.15, -0.1) is 0 Å². The lowest BCUT2D eigenvalue weighted by Crippen LogP contribution is -2.09. The molecule has 104 valence electrons. The van der Waals surface area contributed by atoms with Crippen molar-refractivity contribution in [2.45, 2.75) is 53.1 Å². The van der Waals surface area contributed by atoms with Crippen molar-refractivity contribution in [2.75, 3.05) is 0 Å². The van der Waals surface area contributed by atoms with Gasteiger partial charge in [-0.3, -0.25) is 0 Å². The van der Waals surface area contributed by atoms with Crippen LogP contribution in [0.4, 0.5) is 4.39 Å². The molecule has 1 aromatic rings. The van der Waals surface area contributed by atoms with Crippen LogP contribution in [-0.2, 0) is 5.67 Å². The molecule has 0 N–H and O–H groups in total. The minimum atomic E-state index is -1.28. The lowest BCUT2D eigenvalue weighted by atomic mass is 9.93. The molecule has 0 aromatic heterocycles. The molecule has 0 aliphatic carbocycles. The first-order valence-electron chi connectivity index (χ1n) is 6.83. The average molecular weight is 260 g/mol. The molecule has 1 unspecified atom stereocenters. The van der Waals surface area contributed by atoms with Gasteiger partial charge >= 0.3 is 0 Å². The smallest absolute Gasteiger partial charge is 0.130 e. The Labute approximate surface area is 117 Å². The van der Waals surface area contributed by atoms with Gasteiger partial charge in [0.1, 0.15) is 5.67 Å². The van der Waals surface area contributed by atoms with E-state index >= 15 is 0 Å². The zero-order valence-electron chi connectivity index (χ0n) is 12.9. The molecule has 19 heavy (non-hydrogen) atoms. The Morgan fingerprint density at radius 3 is 2.37 bits per heavy atom. The van der Waals surface area contributed by atoms with Crippen LogP contribution < -0.4 is 0 Å². The van der Waals surface area contributed by atoms with Crippen LogP contribution in [0.5, 0.6) is 0 Å². The average Bonchev–Trinajstić information content (AvgIpc) is 2.34. The summed E-state index contributed by atoms with van der Waals surface area (Å²) in [4.78, 5) is 0. The van der Waals surface area contributed by atoms with E-state index in [9.17, 15) is 4.39 Å². The summed E-state index contributed by atoms with van der Waals surface area (Å²) in [7, 11) is 0. The largest absolute Gasteiger partial charge is 0.239 e. The summed E-state index contributed by atoms with van der Waals surface area (Å²) in [5.74, 6) is 0.289. The number of benzene rings is 1. The summed E-state index contributed by atoms with van der Waals surface area (Å²) in [5, 5.41) is 0. The quantitative estimate of drug-likeness (QED) is 0.590. The highest BCUT2D eigenvalue weighted by atomic mass is 19.1. The molecular weight excluding hydrogens is 235 g/mol. The van der Waals surface area contributed by atoms with Gasteiger partial charge in [0.2, 0.25) is 0 Å². The van der Waals surface area contributed by atoms with E-state index in [1.165, 1.54) is 11.1 Å². The fraction of sp³-hybridized carbons (Fsp3) is 0.444. The number of allylic oxidation sites excluding steroid dienone is 4. The first-order valence-corrected chi connectivity index (χ1v) is 6.83. The summed E-state index contributed by atoms with van der Waals surface area (Å²) < 4.78 is 14.0. The molecule has 1 rings (SSSR count). The van der Waals surface area contributed by atoms with Crippen LogP contribution in [0, 0.1) is 0 Å². The fourth-order valence-corrected chi connectivity index (χ4v) is 1.76. The second-order valence-corrected chi connectivity index (χ2v) is 5.93. The molecule has 0 aliphatic rings. The van der Waals surface area contributed by atoms with Gasteiger partial charge < -0.3 is 0 Å². The van der Waals surface area contributed by atoms with Gasteiger partial charge in [-0.25, -0.2) is 4.39 Å². The number of hydrogen-bond donors (Lipinski definition) is 0. The third-order valence-electron chi connectivity index (χ3n) is 3.52. The zero-order chi connectivity index (χ0) is 14.6. The van der Waals surface area contributed by atoms with Crippen molar-refractivity contribution < 1.29 is 4.39 Å². The maximum absolute atomic E-state index is 14.0. The minimum absolute atomic E-state index is 0.289. The molecular formula is C18H25F. The van der Waals surface area contributed by atoms with Gasteiger partial charge in [0.05, 0.1) is 0 Å². The molecule has 0 nitrogen and oxygen atoms in total. The molecule has 1 aromatic carbocycles. The molecule has 1 heteroatoms. The Balaban J connectivity index is 2.95. The van der Waals surface area contributed by atoms with E-state index in [1.54, 1.807) is 13.8 Å². The highest BCUT2D eigenvalue weighted by Gasteiger charge is 2.19. The standard InChI is InChI=1S/C18H25F/c1-13(2)14(3)10-11-15(4)16-8-7-9-17(12-16)18(5,6)19/h7-12,15H,1-6H3/b11-10-. The fourth-order valence-electron chi connectivity index (χ4n) is 1.76. The highest BCUT2D eigenvalue weighted by molar-refractivity contribution is 5.33. The number of halogens is 1. The van der Waals surface area contributed by atoms with E-state index in [0.29, 0.717) is 0 Å². The molecule has 0 amide bonds. The van der Waals surface area contributed by atoms with Crippen LogP contribution in [0.15, 0.2) is 47.6 Å². The Morgan fingerprint density at radius 1 is 1.21 bits per heavy atom. The first kappa shape index (κ1) is 15.7. The van der Waals surface area contributed by atoms with E-state index in [1.807, 2.05) is 18.2 Å². The van der Waals surface area contributed by atoms with Gasteiger partial charge in [0, 0.05) is 0 Å². The Kier molecular flexibility index (Phi) is 5.11. The summed E-state index contributed by atoms with van der Waals surface area (Å²) in [6, 6.07) is 7.81. The number of hydrogen-bond acceptors (Lipinski definition) is 0. The van der Waals surface area contributed by atoms with Gasteiger partial charge in [-0.05, 0) is 51.7 Å². The van der Waals surface area contributed by atoms with E-state index < -0.39 is 5.67 Å². The van der Waals surface area contributed by atoms with Crippen molar-refractivity contribution in [3.05, 3.63) is 58.7 Å². The minimum Gasteiger partial charge on any atom is -0.239 e. The first-order chi connectivity index (χ1) is 8.71. The van der Waals surface area contributed by atoms with Crippen molar-refractivity contribution in [3.8, 4) is 0 Å². The maximum atomic E-state index is 14.0. The van der Waals surface area contributed by atoms with Crippen molar-refractivity contribution >= 4 is 0 Å². The van der Waals surface area contributed by atoms with Gasteiger partial charge in [-0.2, -0.15) is 0 Å². The normalized spacial score (nSPS) is 13.6. The number of rotatable bonds is 4. The SMILES string of the molecule is CC(C)=C(C)/C=C\C(C)c1cccc(C(C)(C)F)c1. The molecule has 0 aliphatic heterocycles. The molecule has 0 radical (unpaired) electrons. The zero-order valence-corrected chi connectivity index (χ0v) is 12.9. The van der Waals surface area contributed by atoms with Crippen molar-refractivity contribution in [1.29, 1.82) is 0 Å². The molecule has 0 spiro atoms. The molecule has 0 heterocycles. The Morgan fingerprint density at radius 2 is 1.84 bits per heavy atom. The van der Waals surface area contributed by atoms with Crippen LogP contribution in [0.2, 0.25) is 0 Å². The van der Waals surface area contributed by atoms with Crippen molar-refractivity contribution in [3.63, 3.8) is 0 Å². The molecule has 1 atom stereocenters.